The summed E-state index contributed by atoms with van der Waals surface area (Å²) in [6.07, 6.45) is 0. The monoisotopic (exact) mass is 370 g/mol. The van der Waals surface area contributed by atoms with Crippen molar-refractivity contribution >= 4 is 17.2 Å². The molecule has 0 unspecified atom stereocenters. The van der Waals surface area contributed by atoms with Crippen LogP contribution in [0.4, 0.5) is 4.39 Å². The zero-order chi connectivity index (χ0) is 18.5. The topological polar surface area (TPSA) is 42.4 Å². The molecule has 26 heavy (non-hydrogen) atoms. The number of rotatable bonds is 6. The van der Waals surface area contributed by atoms with Gasteiger partial charge in [-0.2, -0.15) is 0 Å². The molecule has 0 N–H and O–H groups in total. The Bertz CT molecular complexity index is 893. The molecular formula is C20H19FN2O2S. The van der Waals surface area contributed by atoms with Crippen molar-refractivity contribution in [1.82, 2.24) is 9.88 Å². The first-order valence-corrected chi connectivity index (χ1v) is 9.13. The van der Waals surface area contributed by atoms with Crippen LogP contribution in [0.2, 0.25) is 0 Å². The average Bonchev–Trinajstić information content (AvgIpc) is 3.16. The number of carbonyl (C=O) groups excluding carboxylic acids is 1. The van der Waals surface area contributed by atoms with Crippen LogP contribution in [0.3, 0.4) is 0 Å². The van der Waals surface area contributed by atoms with Gasteiger partial charge in [0.05, 0.1) is 0 Å². The van der Waals surface area contributed by atoms with E-state index in [0.29, 0.717) is 24.6 Å². The normalized spacial score (nSPS) is 10.6. The van der Waals surface area contributed by atoms with E-state index >= 15 is 0 Å². The molecule has 1 aromatic heterocycles. The summed E-state index contributed by atoms with van der Waals surface area (Å²) in [5, 5.41) is 2.56. The summed E-state index contributed by atoms with van der Waals surface area (Å²) in [6, 6.07) is 13.8. The first-order valence-electron chi connectivity index (χ1n) is 8.25. The smallest absolute Gasteiger partial charge is 0.273 e. The van der Waals surface area contributed by atoms with E-state index in [0.717, 1.165) is 16.1 Å². The van der Waals surface area contributed by atoms with Crippen molar-refractivity contribution in [3.05, 3.63) is 71.0 Å². The molecule has 0 fully saturated rings. The molecule has 0 bridgehead atoms. The predicted molar refractivity (Wildman–Crippen MR) is 101 cm³/mol. The van der Waals surface area contributed by atoms with E-state index in [2.05, 4.69) is 4.98 Å². The number of aromatic nitrogens is 1. The molecule has 0 aliphatic rings. The Hall–Kier alpha value is -2.73. The third kappa shape index (κ3) is 4.26. The van der Waals surface area contributed by atoms with Crippen molar-refractivity contribution in [2.24, 2.45) is 0 Å². The van der Waals surface area contributed by atoms with Crippen molar-refractivity contribution in [1.29, 1.82) is 0 Å². The Morgan fingerprint density at radius 3 is 2.69 bits per heavy atom. The number of thiazole rings is 1. The lowest BCUT2D eigenvalue weighted by Crippen LogP contribution is -2.26. The molecular weight excluding hydrogens is 351 g/mol. The van der Waals surface area contributed by atoms with Crippen LogP contribution in [0.15, 0.2) is 53.9 Å². The number of amides is 1. The van der Waals surface area contributed by atoms with E-state index in [1.807, 2.05) is 37.3 Å². The molecule has 134 valence electrons. The van der Waals surface area contributed by atoms with Crippen molar-refractivity contribution in [2.45, 2.75) is 13.5 Å². The SMILES string of the molecule is CCN(C)C(=O)c1csc(-c2ccc(OCc3cccc(F)c3)cc2)n1. The van der Waals surface area contributed by atoms with Crippen molar-refractivity contribution in [3.63, 3.8) is 0 Å². The maximum absolute atomic E-state index is 13.2. The van der Waals surface area contributed by atoms with Crippen LogP contribution < -0.4 is 4.74 Å². The van der Waals surface area contributed by atoms with Gasteiger partial charge in [-0.15, -0.1) is 11.3 Å². The molecule has 3 aromatic rings. The van der Waals surface area contributed by atoms with Gasteiger partial charge in [0.15, 0.2) is 0 Å². The number of halogens is 1. The molecule has 2 aromatic carbocycles. The van der Waals surface area contributed by atoms with Crippen LogP contribution in [-0.4, -0.2) is 29.4 Å². The van der Waals surface area contributed by atoms with Crippen LogP contribution in [0.1, 0.15) is 23.0 Å². The minimum absolute atomic E-state index is 0.0787. The second kappa shape index (κ2) is 8.10. The van der Waals surface area contributed by atoms with Crippen LogP contribution >= 0.6 is 11.3 Å². The van der Waals surface area contributed by atoms with E-state index in [9.17, 15) is 9.18 Å². The summed E-state index contributed by atoms with van der Waals surface area (Å²) >= 11 is 1.44. The highest BCUT2D eigenvalue weighted by Gasteiger charge is 2.14. The predicted octanol–water partition coefficient (Wildman–Crippen LogP) is 4.62. The molecule has 1 heterocycles. The molecule has 0 radical (unpaired) electrons. The molecule has 0 saturated heterocycles. The lowest BCUT2D eigenvalue weighted by molar-refractivity contribution is 0.0797. The fourth-order valence-electron chi connectivity index (χ4n) is 2.33. The second-order valence-corrected chi connectivity index (χ2v) is 6.66. The molecule has 0 aliphatic heterocycles. The molecule has 0 atom stereocenters. The van der Waals surface area contributed by atoms with Crippen LogP contribution in [0.5, 0.6) is 5.75 Å². The molecule has 6 heteroatoms. The zero-order valence-electron chi connectivity index (χ0n) is 14.6. The molecule has 1 amide bonds. The number of hydrogen-bond donors (Lipinski definition) is 0. The summed E-state index contributed by atoms with van der Waals surface area (Å²) in [5.74, 6) is 0.339. The van der Waals surface area contributed by atoms with Crippen molar-refractivity contribution < 1.29 is 13.9 Å². The molecule has 3 rings (SSSR count). The minimum atomic E-state index is -0.274. The summed E-state index contributed by atoms with van der Waals surface area (Å²) < 4.78 is 18.9. The fraction of sp³-hybridized carbons (Fsp3) is 0.200. The zero-order valence-corrected chi connectivity index (χ0v) is 15.4. The number of nitrogens with zero attached hydrogens (tertiary/aromatic N) is 2. The van der Waals surface area contributed by atoms with Gasteiger partial charge in [-0.3, -0.25) is 4.79 Å². The summed E-state index contributed by atoms with van der Waals surface area (Å²) in [4.78, 5) is 18.2. The number of ether oxygens (including phenoxy) is 1. The van der Waals surface area contributed by atoms with Gasteiger partial charge in [0.1, 0.15) is 28.9 Å². The lowest BCUT2D eigenvalue weighted by Gasteiger charge is -2.11. The van der Waals surface area contributed by atoms with Gasteiger partial charge in [0, 0.05) is 24.5 Å². The molecule has 0 spiro atoms. The van der Waals surface area contributed by atoms with Gasteiger partial charge in [-0.1, -0.05) is 12.1 Å². The highest BCUT2D eigenvalue weighted by Crippen LogP contribution is 2.26. The van der Waals surface area contributed by atoms with Crippen LogP contribution in [0, 0.1) is 5.82 Å². The van der Waals surface area contributed by atoms with Gasteiger partial charge in [0.2, 0.25) is 0 Å². The van der Waals surface area contributed by atoms with Gasteiger partial charge < -0.3 is 9.64 Å². The van der Waals surface area contributed by atoms with Gasteiger partial charge >= 0.3 is 0 Å². The standard InChI is InChI=1S/C20H19FN2O2S/c1-3-23(2)20(24)18-13-26-19(22-18)15-7-9-17(10-8-15)25-12-14-5-4-6-16(21)11-14/h4-11,13H,3,12H2,1-2H3. The highest BCUT2D eigenvalue weighted by atomic mass is 32.1. The average molecular weight is 370 g/mol. The van der Waals surface area contributed by atoms with Gasteiger partial charge in [-0.25, -0.2) is 9.37 Å². The first kappa shape index (κ1) is 18.1. The van der Waals surface area contributed by atoms with Crippen LogP contribution in [0.25, 0.3) is 10.6 Å². The summed E-state index contributed by atoms with van der Waals surface area (Å²) in [6.45, 7) is 2.87. The van der Waals surface area contributed by atoms with E-state index in [4.69, 9.17) is 4.74 Å². The number of benzene rings is 2. The van der Waals surface area contributed by atoms with E-state index < -0.39 is 0 Å². The molecule has 0 saturated carbocycles. The molecule has 4 nitrogen and oxygen atoms in total. The third-order valence-electron chi connectivity index (χ3n) is 3.94. The Balaban J connectivity index is 1.66. The van der Waals surface area contributed by atoms with E-state index in [1.54, 1.807) is 23.4 Å². The summed E-state index contributed by atoms with van der Waals surface area (Å²) in [7, 11) is 1.76. The van der Waals surface area contributed by atoms with Gasteiger partial charge in [0.25, 0.3) is 5.91 Å². The summed E-state index contributed by atoms with van der Waals surface area (Å²) in [5.41, 5.74) is 2.16. The highest BCUT2D eigenvalue weighted by molar-refractivity contribution is 7.13. The fourth-order valence-corrected chi connectivity index (χ4v) is 3.13. The second-order valence-electron chi connectivity index (χ2n) is 5.80. The number of carbonyl (C=O) groups is 1. The number of hydrogen-bond acceptors (Lipinski definition) is 4. The van der Waals surface area contributed by atoms with Crippen molar-refractivity contribution in [2.75, 3.05) is 13.6 Å². The quantitative estimate of drug-likeness (QED) is 0.636. The lowest BCUT2D eigenvalue weighted by atomic mass is 10.2. The Morgan fingerprint density at radius 1 is 1.23 bits per heavy atom. The van der Waals surface area contributed by atoms with Gasteiger partial charge in [-0.05, 0) is 48.9 Å². The maximum Gasteiger partial charge on any atom is 0.273 e. The van der Waals surface area contributed by atoms with Crippen molar-refractivity contribution in [3.8, 4) is 16.3 Å². The van der Waals surface area contributed by atoms with Crippen LogP contribution in [-0.2, 0) is 6.61 Å². The largest absolute Gasteiger partial charge is 0.489 e. The Labute approximate surface area is 155 Å². The van der Waals surface area contributed by atoms with E-state index in [1.165, 1.54) is 23.5 Å². The maximum atomic E-state index is 13.2. The third-order valence-corrected chi connectivity index (χ3v) is 4.83. The first-order chi connectivity index (χ1) is 12.6. The minimum Gasteiger partial charge on any atom is -0.489 e. The Kier molecular flexibility index (Phi) is 5.63. The Morgan fingerprint density at radius 2 is 2.00 bits per heavy atom. The molecule has 0 aliphatic carbocycles. The van der Waals surface area contributed by atoms with E-state index in [-0.39, 0.29) is 11.7 Å².